The van der Waals surface area contributed by atoms with E-state index in [1.165, 1.54) is 0 Å². The average molecular weight is 465 g/mol. The molecule has 0 aromatic rings. The first kappa shape index (κ1) is 23.2. The predicted molar refractivity (Wildman–Crippen MR) is 122 cm³/mol. The fourth-order valence-corrected chi connectivity index (χ4v) is 10.4. The van der Waals surface area contributed by atoms with Gasteiger partial charge in [0.15, 0.2) is 5.79 Å². The Kier molecular flexibility index (Phi) is 5.03. The third-order valence-corrected chi connectivity index (χ3v) is 12.3. The van der Waals surface area contributed by atoms with Crippen molar-refractivity contribution in [1.29, 1.82) is 0 Å². The van der Waals surface area contributed by atoms with Crippen LogP contribution in [-0.4, -0.2) is 62.8 Å². The highest BCUT2D eigenvalue weighted by atomic mass is 16.7. The van der Waals surface area contributed by atoms with Gasteiger partial charge in [-0.15, -0.1) is 0 Å². The van der Waals surface area contributed by atoms with Gasteiger partial charge in [0.1, 0.15) is 11.7 Å². The molecule has 4 N–H and O–H groups in total. The first-order valence-electron chi connectivity index (χ1n) is 13.6. The highest BCUT2D eigenvalue weighted by Gasteiger charge is 2.73. The van der Waals surface area contributed by atoms with Crippen molar-refractivity contribution in [3.05, 3.63) is 0 Å². The number of hydrogen-bond donors (Lipinski definition) is 4. The summed E-state index contributed by atoms with van der Waals surface area (Å²) in [6.07, 6.45) is 3.73. The van der Waals surface area contributed by atoms with Crippen molar-refractivity contribution < 1.29 is 29.9 Å². The third-order valence-electron chi connectivity index (χ3n) is 12.3. The molecule has 2 saturated heterocycles. The van der Waals surface area contributed by atoms with Gasteiger partial charge in [-0.3, -0.25) is 0 Å². The smallest absolute Gasteiger partial charge is 0.171 e. The fraction of sp³-hybridized carbons (Fsp3) is 1.00. The van der Waals surface area contributed by atoms with E-state index >= 15 is 0 Å². The van der Waals surface area contributed by atoms with Crippen molar-refractivity contribution in [3.8, 4) is 0 Å². The lowest BCUT2D eigenvalue weighted by molar-refractivity contribution is -0.301. The Balaban J connectivity index is 1.30. The molecule has 0 aromatic heterocycles. The highest BCUT2D eigenvalue weighted by molar-refractivity contribution is 5.21. The maximum atomic E-state index is 11.7. The quantitative estimate of drug-likeness (QED) is 0.440. The Hall–Kier alpha value is -0.240. The average Bonchev–Trinajstić information content (AvgIpc) is 3.22. The molecule has 33 heavy (non-hydrogen) atoms. The first-order chi connectivity index (χ1) is 15.5. The lowest BCUT2D eigenvalue weighted by atomic mass is 9.41. The van der Waals surface area contributed by atoms with Gasteiger partial charge >= 0.3 is 0 Å². The fourth-order valence-electron chi connectivity index (χ4n) is 10.4. The topological polar surface area (TPSA) is 99.4 Å². The van der Waals surface area contributed by atoms with Gasteiger partial charge < -0.3 is 29.9 Å². The zero-order valence-corrected chi connectivity index (χ0v) is 20.7. The summed E-state index contributed by atoms with van der Waals surface area (Å²) < 4.78 is 13.2. The van der Waals surface area contributed by atoms with Crippen molar-refractivity contribution in [2.24, 2.45) is 46.3 Å². The summed E-state index contributed by atoms with van der Waals surface area (Å²) in [5.74, 6) is 2.07. The minimum Gasteiger partial charge on any atom is -0.392 e. The van der Waals surface area contributed by atoms with E-state index in [0.29, 0.717) is 36.0 Å². The second-order valence-electron chi connectivity index (χ2n) is 13.4. The van der Waals surface area contributed by atoms with Crippen LogP contribution in [0.15, 0.2) is 0 Å². The van der Waals surface area contributed by atoms with Gasteiger partial charge in [-0.2, -0.15) is 0 Å². The van der Waals surface area contributed by atoms with E-state index in [-0.39, 0.29) is 23.9 Å². The molecule has 6 rings (SSSR count). The second-order valence-corrected chi connectivity index (χ2v) is 13.4. The van der Waals surface area contributed by atoms with E-state index in [0.717, 1.165) is 45.1 Å². The van der Waals surface area contributed by atoms with Crippen LogP contribution in [0.4, 0.5) is 0 Å². The Morgan fingerprint density at radius 1 is 0.879 bits per heavy atom. The van der Waals surface area contributed by atoms with Crippen LogP contribution in [0.25, 0.3) is 0 Å². The Bertz CT molecular complexity index is 795. The molecule has 6 nitrogen and oxygen atoms in total. The Morgan fingerprint density at radius 2 is 1.64 bits per heavy atom. The van der Waals surface area contributed by atoms with Gasteiger partial charge in [0.2, 0.25) is 0 Å². The summed E-state index contributed by atoms with van der Waals surface area (Å²) in [7, 11) is 0. The molecule has 0 radical (unpaired) electrons. The van der Waals surface area contributed by atoms with E-state index in [1.807, 2.05) is 6.92 Å². The van der Waals surface area contributed by atoms with Gasteiger partial charge in [-0.25, -0.2) is 0 Å². The maximum Gasteiger partial charge on any atom is 0.171 e. The number of hydrogen-bond acceptors (Lipinski definition) is 6. The van der Waals surface area contributed by atoms with Crippen molar-refractivity contribution in [1.82, 2.24) is 0 Å². The van der Waals surface area contributed by atoms with Crippen molar-refractivity contribution in [3.63, 3.8) is 0 Å². The molecule has 2 aliphatic heterocycles. The van der Waals surface area contributed by atoms with E-state index in [4.69, 9.17) is 9.47 Å². The number of ether oxygens (including phenoxy) is 2. The van der Waals surface area contributed by atoms with Crippen LogP contribution in [0.3, 0.4) is 0 Å². The lowest BCUT2D eigenvalue weighted by Crippen LogP contribution is -2.73. The minimum atomic E-state index is -1.44. The summed E-state index contributed by atoms with van der Waals surface area (Å²) in [6.45, 7) is 9.85. The molecule has 14 atom stereocenters. The van der Waals surface area contributed by atoms with Crippen molar-refractivity contribution in [2.45, 2.75) is 115 Å². The molecule has 0 amide bonds. The van der Waals surface area contributed by atoms with Crippen molar-refractivity contribution >= 4 is 0 Å². The standard InChI is InChI=1S/C27H44O6/c1-14-5-10-27(32-13-14)15(2)22-20(33-27)11-18-16-6-9-26(31)23(30)19(28)12-21(29)25(26,4)17(16)7-8-24(18,22)3/h14-23,28-31H,5-13H2,1-4H3/t14-,15+,16-,17+,18+,19+,20+,21-,22+,23+,24+,25+,26+,27-/m1/s1. The van der Waals surface area contributed by atoms with E-state index in [1.54, 1.807) is 0 Å². The zero-order chi connectivity index (χ0) is 23.6. The molecule has 4 saturated carbocycles. The molecule has 0 aromatic carbocycles. The van der Waals surface area contributed by atoms with Gasteiger partial charge in [0, 0.05) is 24.2 Å². The largest absolute Gasteiger partial charge is 0.392 e. The first-order valence-corrected chi connectivity index (χ1v) is 13.6. The van der Waals surface area contributed by atoms with Gasteiger partial charge in [0.05, 0.1) is 24.9 Å². The number of aliphatic hydroxyl groups excluding tert-OH is 3. The highest BCUT2D eigenvalue weighted by Crippen LogP contribution is 2.71. The molecular formula is C27H44O6. The minimum absolute atomic E-state index is 0.134. The molecule has 0 unspecified atom stereocenters. The molecule has 0 bridgehead atoms. The number of rotatable bonds is 0. The van der Waals surface area contributed by atoms with Gasteiger partial charge in [0.25, 0.3) is 0 Å². The van der Waals surface area contributed by atoms with E-state index < -0.39 is 35.1 Å². The molecule has 4 aliphatic carbocycles. The molecular weight excluding hydrogens is 420 g/mol. The summed E-state index contributed by atoms with van der Waals surface area (Å²) >= 11 is 0. The maximum absolute atomic E-state index is 11.7. The van der Waals surface area contributed by atoms with Crippen LogP contribution in [0, 0.1) is 46.3 Å². The van der Waals surface area contributed by atoms with Crippen LogP contribution in [0.2, 0.25) is 0 Å². The summed E-state index contributed by atoms with van der Waals surface area (Å²) in [5.41, 5.74) is -2.07. The number of aliphatic hydroxyl groups is 4. The van der Waals surface area contributed by atoms with Crippen LogP contribution in [0.5, 0.6) is 0 Å². The van der Waals surface area contributed by atoms with Gasteiger partial charge in [-0.1, -0.05) is 27.7 Å². The third kappa shape index (κ3) is 2.72. The normalized spacial score (nSPS) is 64.7. The molecule has 6 aliphatic rings. The molecule has 1 spiro atoms. The summed E-state index contributed by atoms with van der Waals surface area (Å²) in [6, 6.07) is 0. The van der Waals surface area contributed by atoms with Crippen LogP contribution in [0.1, 0.15) is 79.1 Å². The summed E-state index contributed by atoms with van der Waals surface area (Å²) in [4.78, 5) is 0. The van der Waals surface area contributed by atoms with Crippen LogP contribution < -0.4 is 0 Å². The predicted octanol–water partition coefficient (Wildman–Crippen LogP) is 2.85. The Labute approximate surface area is 198 Å². The Morgan fingerprint density at radius 3 is 2.33 bits per heavy atom. The molecule has 6 heteroatoms. The lowest BCUT2D eigenvalue weighted by Gasteiger charge is -2.66. The monoisotopic (exact) mass is 464 g/mol. The van der Waals surface area contributed by atoms with E-state index in [9.17, 15) is 20.4 Å². The van der Waals surface area contributed by atoms with Crippen LogP contribution in [-0.2, 0) is 9.47 Å². The molecule has 188 valence electrons. The van der Waals surface area contributed by atoms with Crippen molar-refractivity contribution in [2.75, 3.05) is 6.61 Å². The number of fused-ring (bicyclic) bond motifs is 7. The molecule has 2 heterocycles. The zero-order valence-electron chi connectivity index (χ0n) is 20.7. The van der Waals surface area contributed by atoms with Gasteiger partial charge in [-0.05, 0) is 73.5 Å². The molecule has 6 fully saturated rings. The SMILES string of the molecule is C[C@@H]1CC[C@@]2(OC1)O[C@H]1C[C@H]3[C@@H]4CC[C@]5(O)[C@@H](O)[C@@H](O)C[C@@H](O)[C@]5(C)[C@H]4CC[C@]3(C)[C@H]1[C@@H]2C. The summed E-state index contributed by atoms with van der Waals surface area (Å²) in [5, 5.41) is 44.0. The van der Waals surface area contributed by atoms with E-state index in [2.05, 4.69) is 20.8 Å². The second kappa shape index (κ2) is 7.17. The van der Waals surface area contributed by atoms with Crippen LogP contribution >= 0.6 is 0 Å².